The number of nitrogens with one attached hydrogen (secondary N) is 1. The molecule has 1 aromatic heterocycles. The van der Waals surface area contributed by atoms with E-state index in [0.717, 1.165) is 12.3 Å². The molecule has 5 atom stereocenters. The average Bonchev–Trinajstić information content (AvgIpc) is 2.66. The Kier molecular flexibility index (Phi) is 4.85. The molecule has 0 amide bonds. The van der Waals surface area contributed by atoms with Gasteiger partial charge in [-0.15, -0.1) is 0 Å². The van der Waals surface area contributed by atoms with Crippen LogP contribution in [-0.2, 0) is 22.7 Å². The molecule has 0 spiro atoms. The van der Waals surface area contributed by atoms with E-state index in [1.54, 1.807) is 0 Å². The highest BCUT2D eigenvalue weighted by molar-refractivity contribution is 7.71. The average molecular weight is 441 g/mol. The highest BCUT2D eigenvalue weighted by Crippen LogP contribution is 2.58. The van der Waals surface area contributed by atoms with Gasteiger partial charge in [0, 0.05) is 12.3 Å². The zero-order chi connectivity index (χ0) is 22.6. The van der Waals surface area contributed by atoms with E-state index in [2.05, 4.69) is 13.6 Å². The molecular weight excluding hydrogens is 425 g/mol. The molecule has 17 heteroatoms. The van der Waals surface area contributed by atoms with Crippen molar-refractivity contribution < 1.29 is 56.1 Å². The molecule has 0 aliphatic carbocycles. The van der Waals surface area contributed by atoms with E-state index in [1.165, 1.54) is 0 Å². The quantitative estimate of drug-likeness (QED) is 0.234. The van der Waals surface area contributed by atoms with Crippen LogP contribution in [0.4, 0.5) is 4.39 Å². The summed E-state index contributed by atoms with van der Waals surface area (Å²) in [6.45, 7) is -4.22. The van der Waals surface area contributed by atoms with Crippen LogP contribution in [0.5, 0.6) is 0 Å². The van der Waals surface area contributed by atoms with Gasteiger partial charge in [-0.3, -0.25) is 18.9 Å². The molecule has 0 radical (unpaired) electrons. The Morgan fingerprint density at radius 1 is 1.50 bits per heavy atom. The van der Waals surface area contributed by atoms with E-state index in [4.69, 9.17) is 26.1 Å². The third-order valence-electron chi connectivity index (χ3n) is 2.76. The fraction of sp³-hybridized carbons (Fsp3) is 0.556. The largest absolute Gasteiger partial charge is 0.481 e. The molecule has 1 aliphatic heterocycles. The zero-order valence-electron chi connectivity index (χ0n) is 15.1. The fourth-order valence-electron chi connectivity index (χ4n) is 1.75. The molecule has 1 fully saturated rings. The number of phosphoric acid groups is 2. The topological polar surface area (TPSA) is 201 Å². The van der Waals surface area contributed by atoms with Gasteiger partial charge in [0.15, 0.2) is 11.0 Å². The predicted octanol–water partition coefficient (Wildman–Crippen LogP) is -0.951. The minimum absolute atomic E-state index is 0.430. The molecule has 1 saturated heterocycles. The van der Waals surface area contributed by atoms with Gasteiger partial charge in [0.1, 0.15) is 18.8 Å². The summed E-state index contributed by atoms with van der Waals surface area (Å²) in [5, 5.41) is 20.0. The molecule has 2 heterocycles. The second-order valence-electron chi connectivity index (χ2n) is 4.69. The zero-order valence-corrected chi connectivity index (χ0v) is 14.7. The maximum atomic E-state index is 15.2. The molecule has 0 saturated carbocycles. The second-order valence-corrected chi connectivity index (χ2v) is 7.83. The van der Waals surface area contributed by atoms with Gasteiger partial charge in [0.25, 0.3) is 11.4 Å². The van der Waals surface area contributed by atoms with Crippen molar-refractivity contribution in [1.29, 1.82) is 0 Å². The van der Waals surface area contributed by atoms with Gasteiger partial charge in [-0.05, 0) is 12.2 Å². The molecule has 0 bridgehead atoms. The molecule has 1 aliphatic rings. The smallest absolute Gasteiger partial charge is 0.385 e. The third kappa shape index (κ3) is 4.91. The van der Waals surface area contributed by atoms with E-state index in [-0.39, 0.29) is 0 Å². The standard InChI is InChI=1S/C9H13FN2O11P2S/c10-9(3-21-25(19,20)23-24(16,17)18)6(15)5(14)7(22-9)12-2-1-4(13)11-8(12)26/h1-2,5-7,14-15H,3H2,(H,19,20)(H,11,13,26)(H2,16,17,18)/t5-,6+,7-,9-/m1/s1/i3D2,7D. The fourth-order valence-corrected chi connectivity index (χ4v) is 3.45. The molecule has 1 aromatic rings. The lowest BCUT2D eigenvalue weighted by Gasteiger charge is -2.24. The summed E-state index contributed by atoms with van der Waals surface area (Å²) in [5.74, 6) is -4.27. The summed E-state index contributed by atoms with van der Waals surface area (Å²) in [7, 11) is -11.7. The number of alkyl halides is 1. The first-order valence-electron chi connectivity index (χ1n) is 7.73. The maximum Gasteiger partial charge on any atom is 0.481 e. The molecule has 26 heavy (non-hydrogen) atoms. The minimum Gasteiger partial charge on any atom is -0.385 e. The number of aliphatic hydroxyl groups is 2. The van der Waals surface area contributed by atoms with Crippen LogP contribution in [0.3, 0.4) is 0 Å². The maximum absolute atomic E-state index is 15.2. The highest BCUT2D eigenvalue weighted by Gasteiger charge is 2.57. The van der Waals surface area contributed by atoms with Crippen molar-refractivity contribution in [3.63, 3.8) is 0 Å². The van der Waals surface area contributed by atoms with E-state index >= 15 is 4.39 Å². The highest BCUT2D eigenvalue weighted by atomic mass is 32.1. The number of nitrogens with zero attached hydrogens (tertiary/aromatic N) is 1. The van der Waals surface area contributed by atoms with Crippen LogP contribution < -0.4 is 5.56 Å². The number of ether oxygens (including phenoxy) is 1. The number of halogens is 1. The van der Waals surface area contributed by atoms with Crippen molar-refractivity contribution >= 4 is 27.9 Å². The minimum atomic E-state index is -5.99. The number of hydrogen-bond donors (Lipinski definition) is 6. The van der Waals surface area contributed by atoms with Crippen LogP contribution in [0.15, 0.2) is 17.1 Å². The van der Waals surface area contributed by atoms with E-state index < -0.39 is 56.8 Å². The van der Waals surface area contributed by atoms with E-state index in [1.807, 2.05) is 4.98 Å². The van der Waals surface area contributed by atoms with E-state index in [0.29, 0.717) is 4.57 Å². The molecule has 0 aromatic carbocycles. The molecule has 148 valence electrons. The number of phosphoric ester groups is 1. The van der Waals surface area contributed by atoms with Crippen LogP contribution in [0.25, 0.3) is 0 Å². The van der Waals surface area contributed by atoms with Gasteiger partial charge in [0.05, 0.1) is 4.11 Å². The van der Waals surface area contributed by atoms with Gasteiger partial charge in [-0.1, -0.05) is 0 Å². The van der Waals surface area contributed by atoms with E-state index in [9.17, 15) is 29.0 Å². The monoisotopic (exact) mass is 441 g/mol. The van der Waals surface area contributed by atoms with Gasteiger partial charge < -0.3 is 29.6 Å². The molecule has 13 nitrogen and oxygen atoms in total. The number of rotatable bonds is 6. The van der Waals surface area contributed by atoms with Gasteiger partial charge in [0.2, 0.25) is 0 Å². The SMILES string of the molecule is [2H]C([2H])(OP(=O)(O)OP(=O)(O)O)[C@@]1(F)O[C@@]([2H])(n2ccc(=O)[nH]c2=S)[C@H](O)[C@@H]1O. The van der Waals surface area contributed by atoms with Gasteiger partial charge in [-0.25, -0.2) is 13.5 Å². The van der Waals surface area contributed by atoms with Crippen molar-refractivity contribution in [3.8, 4) is 0 Å². The Balaban J connectivity index is 2.47. The first-order valence-corrected chi connectivity index (χ1v) is 9.66. The van der Waals surface area contributed by atoms with Crippen molar-refractivity contribution in [1.82, 2.24) is 9.55 Å². The summed E-state index contributed by atoms with van der Waals surface area (Å²) in [4.78, 5) is 39.5. The van der Waals surface area contributed by atoms with Gasteiger partial charge in [-0.2, -0.15) is 4.31 Å². The van der Waals surface area contributed by atoms with Crippen molar-refractivity contribution in [3.05, 3.63) is 27.4 Å². The Labute approximate surface area is 152 Å². The Morgan fingerprint density at radius 3 is 2.65 bits per heavy atom. The molecule has 6 N–H and O–H groups in total. The first-order chi connectivity index (χ1) is 12.8. The molecule has 2 rings (SSSR count). The van der Waals surface area contributed by atoms with Crippen LogP contribution in [0.1, 0.15) is 10.3 Å². The molecule has 1 unspecified atom stereocenters. The van der Waals surface area contributed by atoms with Crippen LogP contribution in [-0.4, -0.2) is 59.1 Å². The van der Waals surface area contributed by atoms with Crippen molar-refractivity contribution in [2.24, 2.45) is 0 Å². The lowest BCUT2D eigenvalue weighted by Crippen LogP contribution is -2.42. The van der Waals surface area contributed by atoms with Gasteiger partial charge >= 0.3 is 15.6 Å². The first kappa shape index (κ1) is 17.3. The summed E-state index contributed by atoms with van der Waals surface area (Å²) in [5.41, 5.74) is -0.760. The number of hydrogen-bond acceptors (Lipinski definition) is 9. The summed E-state index contributed by atoms with van der Waals surface area (Å²) in [6.07, 6.45) is -7.93. The van der Waals surface area contributed by atoms with Crippen LogP contribution >= 0.6 is 27.9 Å². The molecular formula is C9H13FN2O11P2S. The lowest BCUT2D eigenvalue weighted by atomic mass is 10.1. The predicted molar refractivity (Wildman–Crippen MR) is 80.8 cm³/mol. The second kappa shape index (κ2) is 7.30. The number of aliphatic hydroxyl groups excluding tert-OH is 2. The van der Waals surface area contributed by atoms with Crippen LogP contribution in [0, 0.1) is 4.77 Å². The van der Waals surface area contributed by atoms with Crippen molar-refractivity contribution in [2.75, 3.05) is 6.56 Å². The summed E-state index contributed by atoms with van der Waals surface area (Å²) >= 11 is 4.73. The Bertz CT molecular complexity index is 1020. The normalized spacial score (nSPS) is 36.8. The lowest BCUT2D eigenvalue weighted by molar-refractivity contribution is -0.204. The summed E-state index contributed by atoms with van der Waals surface area (Å²) < 4.78 is 71.9. The number of aromatic nitrogens is 2. The van der Waals surface area contributed by atoms with Crippen LogP contribution in [0.2, 0.25) is 0 Å². The number of H-pyrrole nitrogens is 1. The Morgan fingerprint density at radius 2 is 2.12 bits per heavy atom. The Hall–Kier alpha value is -0.830. The number of aromatic amines is 1. The third-order valence-corrected chi connectivity index (χ3v) is 5.05. The summed E-state index contributed by atoms with van der Waals surface area (Å²) in [6, 6.07) is 0.772. The van der Waals surface area contributed by atoms with Crippen molar-refractivity contribution in [2.45, 2.75) is 24.3 Å².